The van der Waals surface area contributed by atoms with E-state index in [1.807, 2.05) is 0 Å². The van der Waals surface area contributed by atoms with Crippen LogP contribution in [-0.2, 0) is 20.8 Å². The third kappa shape index (κ3) is 3.93. The average molecular weight is 414 g/mol. The molecule has 2 aromatic heterocycles. The largest absolute Gasteiger partial charge is 0.465 e. The van der Waals surface area contributed by atoms with Gasteiger partial charge in [0.05, 0.1) is 26.3 Å². The predicted molar refractivity (Wildman–Crippen MR) is 103 cm³/mol. The van der Waals surface area contributed by atoms with E-state index in [1.165, 1.54) is 31.0 Å². The zero-order valence-corrected chi connectivity index (χ0v) is 16.7. The summed E-state index contributed by atoms with van der Waals surface area (Å²) in [5.74, 6) is -2.02. The Morgan fingerprint density at radius 1 is 1.13 bits per heavy atom. The third-order valence-electron chi connectivity index (χ3n) is 4.30. The van der Waals surface area contributed by atoms with Crippen molar-refractivity contribution in [2.75, 3.05) is 14.2 Å². The van der Waals surface area contributed by atoms with Crippen LogP contribution >= 0.6 is 0 Å². The molecule has 0 bridgehead atoms. The summed E-state index contributed by atoms with van der Waals surface area (Å²) in [6, 6.07) is 4.58. The summed E-state index contributed by atoms with van der Waals surface area (Å²) in [4.78, 5) is 47.5. The fourth-order valence-corrected chi connectivity index (χ4v) is 2.99. The molecule has 3 rings (SSSR count). The van der Waals surface area contributed by atoms with Crippen LogP contribution in [-0.4, -0.2) is 41.9 Å². The summed E-state index contributed by atoms with van der Waals surface area (Å²) < 4.78 is 21.2. The van der Waals surface area contributed by atoms with Crippen molar-refractivity contribution in [2.45, 2.75) is 20.4 Å². The Kier molecular flexibility index (Phi) is 5.67. The number of hydrogen-bond acceptors (Lipinski definition) is 9. The molecule has 0 fully saturated rings. The Hall–Kier alpha value is -3.95. The van der Waals surface area contributed by atoms with E-state index in [0.29, 0.717) is 16.5 Å². The highest BCUT2D eigenvalue weighted by Gasteiger charge is 2.25. The maximum absolute atomic E-state index is 12.0. The van der Waals surface area contributed by atoms with E-state index in [0.717, 1.165) is 7.11 Å². The zero-order chi connectivity index (χ0) is 22.0. The number of aryl methyl sites for hydroxylation is 1. The summed E-state index contributed by atoms with van der Waals surface area (Å²) in [7, 11) is 2.32. The number of hydrogen-bond donors (Lipinski definition) is 0. The number of esters is 3. The topological polar surface area (TPSA) is 127 Å². The van der Waals surface area contributed by atoms with Crippen molar-refractivity contribution in [1.82, 2.24) is 9.78 Å². The molecular weight excluding hydrogens is 396 g/mol. The van der Waals surface area contributed by atoms with Crippen LogP contribution in [0.3, 0.4) is 0 Å². The van der Waals surface area contributed by atoms with Gasteiger partial charge in [-0.1, -0.05) is 0 Å². The molecule has 0 aliphatic carbocycles. The van der Waals surface area contributed by atoms with Crippen LogP contribution in [0.25, 0.3) is 11.0 Å². The zero-order valence-electron chi connectivity index (χ0n) is 16.7. The molecular formula is C20H18N2O8. The summed E-state index contributed by atoms with van der Waals surface area (Å²) in [5, 5.41) is 4.73. The molecule has 0 radical (unpaired) electrons. The molecule has 0 spiro atoms. The first-order chi connectivity index (χ1) is 14.2. The second-order valence-electron chi connectivity index (χ2n) is 6.33. The molecule has 0 N–H and O–H groups in total. The highest BCUT2D eigenvalue weighted by molar-refractivity contribution is 6.01. The van der Waals surface area contributed by atoms with Gasteiger partial charge < -0.3 is 18.6 Å². The fourth-order valence-electron chi connectivity index (χ4n) is 2.99. The van der Waals surface area contributed by atoms with Crippen molar-refractivity contribution in [3.8, 4) is 5.75 Å². The van der Waals surface area contributed by atoms with Gasteiger partial charge in [-0.3, -0.25) is 9.48 Å². The number of carbonyl (C=O) groups excluding carboxylic acids is 3. The van der Waals surface area contributed by atoms with Gasteiger partial charge in [-0.15, -0.1) is 0 Å². The first kappa shape index (κ1) is 20.8. The number of nitrogens with zero attached hydrogens (tertiary/aromatic N) is 2. The summed E-state index contributed by atoms with van der Waals surface area (Å²) >= 11 is 0. The number of methoxy groups -OCH3 is 2. The van der Waals surface area contributed by atoms with Crippen molar-refractivity contribution in [3.05, 3.63) is 57.2 Å². The van der Waals surface area contributed by atoms with Crippen LogP contribution in [0.15, 0.2) is 33.6 Å². The van der Waals surface area contributed by atoms with Gasteiger partial charge in [-0.2, -0.15) is 5.10 Å². The summed E-state index contributed by atoms with van der Waals surface area (Å²) in [6.45, 7) is 2.90. The number of rotatable bonds is 5. The lowest BCUT2D eigenvalue weighted by Crippen LogP contribution is -2.11. The van der Waals surface area contributed by atoms with E-state index >= 15 is 0 Å². The molecule has 10 nitrogen and oxygen atoms in total. The van der Waals surface area contributed by atoms with Gasteiger partial charge in [-0.05, 0) is 24.6 Å². The minimum Gasteiger partial charge on any atom is -0.465 e. The third-order valence-corrected chi connectivity index (χ3v) is 4.30. The Bertz CT molecular complexity index is 1190. The predicted octanol–water partition coefficient (Wildman–Crippen LogP) is 1.84. The molecule has 0 amide bonds. The molecule has 1 aromatic carbocycles. The summed E-state index contributed by atoms with van der Waals surface area (Å²) in [6.07, 6.45) is 1.29. The fraction of sp³-hybridized carbons (Fsp3) is 0.250. The lowest BCUT2D eigenvalue weighted by molar-refractivity contribution is -0.131. The number of benzene rings is 1. The van der Waals surface area contributed by atoms with Crippen LogP contribution in [0.1, 0.15) is 38.9 Å². The Morgan fingerprint density at radius 2 is 1.83 bits per heavy atom. The molecule has 30 heavy (non-hydrogen) atoms. The van der Waals surface area contributed by atoms with Crippen molar-refractivity contribution in [1.29, 1.82) is 0 Å². The van der Waals surface area contributed by atoms with Crippen molar-refractivity contribution < 1.29 is 33.0 Å². The van der Waals surface area contributed by atoms with E-state index in [9.17, 15) is 19.2 Å². The highest BCUT2D eigenvalue weighted by Crippen LogP contribution is 2.30. The van der Waals surface area contributed by atoms with Crippen molar-refractivity contribution in [3.63, 3.8) is 0 Å². The first-order valence-electron chi connectivity index (χ1n) is 8.74. The van der Waals surface area contributed by atoms with E-state index in [4.69, 9.17) is 9.15 Å². The SMILES string of the molecule is COC(=O)c1cn(Cc2c(OC(C)=O)ccc3c(C)cc(=O)oc23)nc1C(=O)OC. The van der Waals surface area contributed by atoms with Crippen molar-refractivity contribution >= 4 is 28.9 Å². The Morgan fingerprint density at radius 3 is 2.47 bits per heavy atom. The van der Waals surface area contributed by atoms with E-state index < -0.39 is 23.5 Å². The maximum atomic E-state index is 12.0. The minimum absolute atomic E-state index is 0.0761. The highest BCUT2D eigenvalue weighted by atomic mass is 16.5. The van der Waals surface area contributed by atoms with E-state index in [1.54, 1.807) is 19.1 Å². The van der Waals surface area contributed by atoms with Crippen LogP contribution in [0.5, 0.6) is 5.75 Å². The molecule has 0 saturated carbocycles. The molecule has 156 valence electrons. The van der Waals surface area contributed by atoms with Gasteiger partial charge in [0.15, 0.2) is 5.69 Å². The number of ether oxygens (including phenoxy) is 3. The molecule has 10 heteroatoms. The van der Waals surface area contributed by atoms with Gasteiger partial charge in [0, 0.05) is 24.6 Å². The maximum Gasteiger partial charge on any atom is 0.359 e. The molecule has 0 aliphatic rings. The second-order valence-corrected chi connectivity index (χ2v) is 6.33. The summed E-state index contributed by atoms with van der Waals surface area (Å²) in [5.41, 5.74) is 0.287. The van der Waals surface area contributed by atoms with E-state index in [2.05, 4.69) is 14.6 Å². The van der Waals surface area contributed by atoms with Gasteiger partial charge >= 0.3 is 23.5 Å². The standard InChI is InChI=1S/C20H18N2O8/c1-10-7-16(24)30-18-12(10)5-6-15(29-11(2)23)13(18)8-22-9-14(19(25)27-3)17(21-22)20(26)28-4/h5-7,9H,8H2,1-4H3. The van der Waals surface area contributed by atoms with Gasteiger partial charge in [-0.25, -0.2) is 14.4 Å². The van der Waals surface area contributed by atoms with E-state index in [-0.39, 0.29) is 29.1 Å². The minimum atomic E-state index is -0.824. The molecule has 0 aliphatic heterocycles. The monoisotopic (exact) mass is 414 g/mol. The number of carbonyl (C=O) groups is 3. The van der Waals surface area contributed by atoms with Gasteiger partial charge in [0.25, 0.3) is 0 Å². The Balaban J connectivity index is 2.20. The smallest absolute Gasteiger partial charge is 0.359 e. The van der Waals surface area contributed by atoms with Gasteiger partial charge in [0.1, 0.15) is 16.9 Å². The lowest BCUT2D eigenvalue weighted by atomic mass is 10.1. The molecule has 0 atom stereocenters. The molecule has 0 unspecified atom stereocenters. The van der Waals surface area contributed by atoms with Crippen LogP contribution in [0.4, 0.5) is 0 Å². The van der Waals surface area contributed by atoms with Crippen LogP contribution in [0, 0.1) is 6.92 Å². The van der Waals surface area contributed by atoms with Gasteiger partial charge in [0.2, 0.25) is 0 Å². The Labute approximate surface area is 169 Å². The quantitative estimate of drug-likeness (QED) is 0.349. The lowest BCUT2D eigenvalue weighted by Gasteiger charge is -2.12. The number of fused-ring (bicyclic) bond motifs is 1. The van der Waals surface area contributed by atoms with Crippen LogP contribution in [0.2, 0.25) is 0 Å². The van der Waals surface area contributed by atoms with Crippen molar-refractivity contribution in [2.24, 2.45) is 0 Å². The molecule has 0 saturated heterocycles. The number of aromatic nitrogens is 2. The molecule has 2 heterocycles. The van der Waals surface area contributed by atoms with Crippen LogP contribution < -0.4 is 10.4 Å². The normalized spacial score (nSPS) is 10.7. The molecule has 3 aromatic rings. The first-order valence-corrected chi connectivity index (χ1v) is 8.74. The average Bonchev–Trinajstić information content (AvgIpc) is 3.12. The second kappa shape index (κ2) is 8.19.